The van der Waals surface area contributed by atoms with E-state index in [0.717, 1.165) is 51.2 Å². The molecule has 0 saturated carbocycles. The predicted octanol–water partition coefficient (Wildman–Crippen LogP) is 19.9. The van der Waals surface area contributed by atoms with Crippen molar-refractivity contribution in [3.8, 4) is 22.3 Å². The summed E-state index contributed by atoms with van der Waals surface area (Å²) in [4.78, 5) is 7.54. The number of nitrogens with zero attached hydrogens (tertiary/aromatic N) is 4. The lowest BCUT2D eigenvalue weighted by atomic mass is 9.45. The Hall–Kier alpha value is -9.06. The van der Waals surface area contributed by atoms with Crippen molar-refractivity contribution in [2.45, 2.75) is 78.6 Å². The molecule has 0 fully saturated rings. The molecule has 4 nitrogen and oxygen atoms in total. The van der Waals surface area contributed by atoms with Gasteiger partial charge in [0.15, 0.2) is 0 Å². The van der Waals surface area contributed by atoms with E-state index in [-0.39, 0.29) is 23.1 Å². The summed E-state index contributed by atoms with van der Waals surface area (Å²) in [5.41, 5.74) is 23.6. The average Bonchev–Trinajstić information content (AvgIpc) is 2.90. The predicted molar refractivity (Wildman–Crippen MR) is 348 cm³/mol. The molecule has 81 heavy (non-hydrogen) atoms. The van der Waals surface area contributed by atoms with Crippen LogP contribution in [0, 0.1) is 0 Å². The van der Waals surface area contributed by atoms with Gasteiger partial charge in [0.25, 0.3) is 0 Å². The molecule has 0 amide bonds. The van der Waals surface area contributed by atoms with Crippen molar-refractivity contribution in [2.24, 2.45) is 0 Å². The fourth-order valence-electron chi connectivity index (χ4n) is 12.9. The molecule has 0 spiro atoms. The van der Waals surface area contributed by atoms with Crippen LogP contribution >= 0.6 is 0 Å². The Morgan fingerprint density at radius 2 is 0.840 bits per heavy atom. The van der Waals surface area contributed by atoms with Gasteiger partial charge in [-0.3, -0.25) is 0 Å². The molecule has 0 radical (unpaired) electrons. The van der Waals surface area contributed by atoms with Crippen molar-refractivity contribution in [1.29, 1.82) is 0 Å². The number of para-hydroxylation sites is 3. The minimum absolute atomic E-state index is 0.00590. The fraction of sp³-hybridized carbons (Fsp3) is 0.158. The van der Waals surface area contributed by atoms with Gasteiger partial charge in [0.1, 0.15) is 0 Å². The number of anilines is 9. The van der Waals surface area contributed by atoms with Crippen molar-refractivity contribution in [3.63, 3.8) is 0 Å². The highest BCUT2D eigenvalue weighted by molar-refractivity contribution is 6.90. The van der Waals surface area contributed by atoms with Crippen LogP contribution in [-0.2, 0) is 16.2 Å². The lowest BCUT2D eigenvalue weighted by molar-refractivity contribution is 0.590. The number of aromatic nitrogens is 1. The third-order valence-electron chi connectivity index (χ3n) is 17.2. The molecule has 0 saturated heterocycles. The third-order valence-corrected chi connectivity index (χ3v) is 17.2. The van der Waals surface area contributed by atoms with Gasteiger partial charge in [-0.05, 0) is 163 Å². The molecule has 394 valence electrons. The van der Waals surface area contributed by atoms with Gasteiger partial charge >= 0.3 is 6.85 Å². The largest absolute Gasteiger partial charge is 0.375 e. The Bertz CT molecular complexity index is 4290. The van der Waals surface area contributed by atoms with Gasteiger partial charge < -0.3 is 19.2 Å². The van der Waals surface area contributed by atoms with Crippen LogP contribution in [0.2, 0.25) is 0 Å². The van der Waals surface area contributed by atoms with Gasteiger partial charge in [0.05, 0.1) is 5.69 Å². The van der Waals surface area contributed by atoms with E-state index in [4.69, 9.17) is 0 Å². The first-order valence-corrected chi connectivity index (χ1v) is 28.8. The van der Waals surface area contributed by atoms with Gasteiger partial charge in [0, 0.05) is 78.4 Å². The van der Waals surface area contributed by atoms with Gasteiger partial charge in [-0.25, -0.2) is 0 Å². The minimum atomic E-state index is -0.179. The van der Waals surface area contributed by atoms with Crippen molar-refractivity contribution >= 4 is 102 Å². The van der Waals surface area contributed by atoms with Gasteiger partial charge in [-0.2, -0.15) is 0 Å². The van der Waals surface area contributed by atoms with E-state index < -0.39 is 0 Å². The molecular weight excluding hydrogens is 980 g/mol. The molecule has 5 heteroatoms. The first-order chi connectivity index (χ1) is 39.1. The maximum absolute atomic E-state index is 2.70. The van der Waals surface area contributed by atoms with E-state index in [1.165, 1.54) is 82.4 Å². The van der Waals surface area contributed by atoms with Crippen LogP contribution in [0.4, 0.5) is 51.2 Å². The second kappa shape index (κ2) is 18.8. The molecule has 0 N–H and O–H groups in total. The smallest absolute Gasteiger partial charge is 0.333 e. The molecule has 14 rings (SSSR count). The average molecular weight is 1050 g/mol. The Morgan fingerprint density at radius 3 is 1.43 bits per heavy atom. The van der Waals surface area contributed by atoms with E-state index in [2.05, 4.69) is 324 Å². The number of rotatable bonds is 8. The fourth-order valence-corrected chi connectivity index (χ4v) is 12.9. The quantitative estimate of drug-likeness (QED) is 0.141. The second-order valence-electron chi connectivity index (χ2n) is 25.5. The normalized spacial score (nSPS) is 13.0. The Balaban J connectivity index is 1.14. The number of benzene rings is 11. The maximum Gasteiger partial charge on any atom is 0.333 e. The Kier molecular flexibility index (Phi) is 11.6. The molecule has 3 heterocycles. The molecule has 2 aliphatic rings. The van der Waals surface area contributed by atoms with E-state index in [0.29, 0.717) is 0 Å². The van der Waals surface area contributed by atoms with Crippen molar-refractivity contribution in [3.05, 3.63) is 259 Å². The van der Waals surface area contributed by atoms with Crippen LogP contribution in [0.3, 0.4) is 0 Å². The van der Waals surface area contributed by atoms with Crippen molar-refractivity contribution in [1.82, 2.24) is 4.48 Å². The van der Waals surface area contributed by atoms with Crippen LogP contribution in [-0.4, -0.2) is 11.3 Å². The molecule has 11 aromatic carbocycles. The van der Waals surface area contributed by atoms with Crippen LogP contribution in [0.1, 0.15) is 79.0 Å². The zero-order valence-electron chi connectivity index (χ0n) is 48.0. The van der Waals surface area contributed by atoms with Gasteiger partial charge in [-0.1, -0.05) is 208 Å². The Morgan fingerprint density at radius 1 is 0.333 bits per heavy atom. The summed E-state index contributed by atoms with van der Waals surface area (Å²) in [6.07, 6.45) is 0. The molecule has 0 unspecified atom stereocenters. The Labute approximate surface area is 478 Å². The number of hydrogen-bond donors (Lipinski definition) is 0. The summed E-state index contributed by atoms with van der Waals surface area (Å²) in [6, 6.07) is 91.6. The maximum atomic E-state index is 2.70. The standard InChI is InChI=1S/C76H67BN4/c1-74(2,3)53-32-37-58(38-33-53)79(59-39-34-54(35-40-59)75(4,5)6)61-47-66-63-31-21-30-62-65-44-51-24-19-20-25-52(51)45-69(65)81(73(62)63)77-67-42-41-60(78(56-26-15-11-16-27-56)57-28-17-12-18-29-57)48-70(67)80(71(49-61)72(66)77)68-43-36-55(76(7,8)9)46-64(68)50-22-13-10-14-23-50/h10-49H,1-9H3. The molecule has 2 aliphatic heterocycles. The highest BCUT2D eigenvalue weighted by atomic mass is 15.2. The van der Waals surface area contributed by atoms with E-state index >= 15 is 0 Å². The highest BCUT2D eigenvalue weighted by Gasteiger charge is 2.44. The van der Waals surface area contributed by atoms with Crippen LogP contribution in [0.25, 0.3) is 54.8 Å². The molecule has 0 aliphatic carbocycles. The second-order valence-corrected chi connectivity index (χ2v) is 25.5. The first-order valence-electron chi connectivity index (χ1n) is 28.8. The molecular formula is C76H67BN4. The number of fused-ring (bicyclic) bond motifs is 8. The summed E-state index contributed by atoms with van der Waals surface area (Å²) in [5, 5.41) is 5.01. The lowest BCUT2D eigenvalue weighted by Gasteiger charge is -2.42. The summed E-state index contributed by atoms with van der Waals surface area (Å²) in [5.74, 6) is 0. The molecule has 0 atom stereocenters. The topological polar surface area (TPSA) is 14.7 Å². The highest BCUT2D eigenvalue weighted by Crippen LogP contribution is 2.52. The lowest BCUT2D eigenvalue weighted by Crippen LogP contribution is -2.56. The minimum Gasteiger partial charge on any atom is -0.375 e. The summed E-state index contributed by atoms with van der Waals surface area (Å²) < 4.78 is 2.70. The van der Waals surface area contributed by atoms with Crippen LogP contribution in [0.5, 0.6) is 0 Å². The van der Waals surface area contributed by atoms with Crippen LogP contribution < -0.4 is 25.6 Å². The third kappa shape index (κ3) is 8.44. The monoisotopic (exact) mass is 1050 g/mol. The number of hydrogen-bond acceptors (Lipinski definition) is 3. The van der Waals surface area contributed by atoms with E-state index in [1.807, 2.05) is 0 Å². The SMILES string of the molecule is CC(C)(C)c1ccc(N(c2ccc(C(C)(C)C)cc2)c2cc3c4c(c2)N(c2ccc(C(C)(C)C)cc2-c2ccccc2)c2cc(N(c5ccccc5)c5ccccc5)ccc2B4n2c4cc5ccccc5cc4c4cccc-3c42)cc1. The first kappa shape index (κ1) is 50.2. The van der Waals surface area contributed by atoms with Crippen LogP contribution in [0.15, 0.2) is 243 Å². The van der Waals surface area contributed by atoms with Crippen molar-refractivity contribution in [2.75, 3.05) is 14.7 Å². The van der Waals surface area contributed by atoms with E-state index in [9.17, 15) is 0 Å². The summed E-state index contributed by atoms with van der Waals surface area (Å²) >= 11 is 0. The van der Waals surface area contributed by atoms with Crippen molar-refractivity contribution < 1.29 is 0 Å². The zero-order valence-corrected chi connectivity index (χ0v) is 48.0. The summed E-state index contributed by atoms with van der Waals surface area (Å²) in [7, 11) is 0. The van der Waals surface area contributed by atoms with Gasteiger partial charge in [-0.15, -0.1) is 0 Å². The van der Waals surface area contributed by atoms with Gasteiger partial charge in [0.2, 0.25) is 0 Å². The summed E-state index contributed by atoms with van der Waals surface area (Å²) in [6.45, 7) is 20.6. The molecule has 1 aromatic heterocycles. The van der Waals surface area contributed by atoms with E-state index in [1.54, 1.807) is 0 Å². The molecule has 12 aromatic rings. The zero-order chi connectivity index (χ0) is 55.5. The molecule has 0 bridgehead atoms.